The van der Waals surface area contributed by atoms with E-state index in [0.717, 1.165) is 107 Å². The van der Waals surface area contributed by atoms with E-state index >= 15 is 0 Å². The first kappa shape index (κ1) is 63.0. The molecule has 1 aliphatic heterocycles. The molecule has 468 valence electrons. The van der Waals surface area contributed by atoms with Crippen LogP contribution in [0.25, 0.3) is 45.0 Å². The van der Waals surface area contributed by atoms with Gasteiger partial charge in [-0.15, -0.1) is 0 Å². The quantitative estimate of drug-likeness (QED) is 0.0950. The summed E-state index contributed by atoms with van der Waals surface area (Å²) in [6.45, 7) is 21.5. The fraction of sp³-hybridized carbons (Fsp3) is 0.313. The summed E-state index contributed by atoms with van der Waals surface area (Å²) < 4.78 is 6.50. The van der Waals surface area contributed by atoms with Gasteiger partial charge in [0.25, 0.3) is 0 Å². The zero-order valence-corrected chi connectivity index (χ0v) is 55.4. The minimum atomic E-state index is 0.0838. The number of pyridine rings is 3. The molecule has 2 aliphatic carbocycles. The van der Waals surface area contributed by atoms with Crippen molar-refractivity contribution < 1.29 is 9.59 Å². The van der Waals surface area contributed by atoms with Crippen molar-refractivity contribution in [2.75, 3.05) is 18.0 Å². The van der Waals surface area contributed by atoms with E-state index in [1.807, 2.05) is 61.3 Å². The first-order chi connectivity index (χ1) is 44.6. The molecule has 0 radical (unpaired) electrons. The molecule has 14 rings (SSSR count). The predicted molar refractivity (Wildman–Crippen MR) is 379 cm³/mol. The molecule has 0 unspecified atom stereocenters. The number of allylic oxidation sites excluding steroid dienone is 4. The molecule has 0 N–H and O–H groups in total. The van der Waals surface area contributed by atoms with Gasteiger partial charge in [0, 0.05) is 80.8 Å². The number of hydrogen-bond acceptors (Lipinski definition) is 6. The van der Waals surface area contributed by atoms with E-state index in [2.05, 4.69) is 221 Å². The molecule has 6 aromatic heterocycles. The van der Waals surface area contributed by atoms with E-state index < -0.39 is 0 Å². The lowest BCUT2D eigenvalue weighted by Crippen LogP contribution is -2.32. The summed E-state index contributed by atoms with van der Waals surface area (Å²) in [6, 6.07) is 54.7. The number of imidazole rings is 3. The Morgan fingerprint density at radius 3 is 1.50 bits per heavy atom. The summed E-state index contributed by atoms with van der Waals surface area (Å²) in [5.74, 6) is 4.08. The smallest absolute Gasteiger partial charge is 0.159 e. The number of rotatable bonds is 15. The van der Waals surface area contributed by atoms with Gasteiger partial charge in [-0.05, 0) is 211 Å². The molecule has 9 heteroatoms. The summed E-state index contributed by atoms with van der Waals surface area (Å²) in [4.78, 5) is 39.8. The van der Waals surface area contributed by atoms with Gasteiger partial charge in [0.05, 0.1) is 17.1 Å². The number of fused-ring (bicyclic) bond motifs is 3. The van der Waals surface area contributed by atoms with Crippen molar-refractivity contribution in [2.24, 2.45) is 17.8 Å². The van der Waals surface area contributed by atoms with Crippen LogP contribution in [0.3, 0.4) is 0 Å². The molecule has 0 atom stereocenters. The van der Waals surface area contributed by atoms with Crippen LogP contribution in [0.2, 0.25) is 0 Å². The number of ketones is 2. The number of carbonyl (C=O) groups is 2. The third-order valence-electron chi connectivity index (χ3n) is 19.8. The van der Waals surface area contributed by atoms with Crippen molar-refractivity contribution in [1.29, 1.82) is 0 Å². The van der Waals surface area contributed by atoms with Crippen molar-refractivity contribution >= 4 is 39.8 Å². The normalized spacial score (nSPS) is 16.0. The largest absolute Gasteiger partial charge is 0.372 e. The molecular weight excluding hydrogens is 1130 g/mol. The molecule has 0 bridgehead atoms. The van der Waals surface area contributed by atoms with E-state index in [-0.39, 0.29) is 11.6 Å². The van der Waals surface area contributed by atoms with Crippen LogP contribution in [0, 0.1) is 31.6 Å². The molecule has 92 heavy (non-hydrogen) atoms. The number of benzene rings is 5. The van der Waals surface area contributed by atoms with Crippen molar-refractivity contribution in [1.82, 2.24) is 28.2 Å². The van der Waals surface area contributed by atoms with Crippen LogP contribution in [0.4, 0.5) is 5.69 Å². The van der Waals surface area contributed by atoms with Gasteiger partial charge < -0.3 is 4.90 Å². The Labute approximate surface area is 544 Å². The van der Waals surface area contributed by atoms with Gasteiger partial charge in [-0.3, -0.25) is 22.8 Å². The Hall–Kier alpha value is -9.21. The SMILES string of the molecule is CC(=O)C1=CC(c2ccc(Cc3ccc(C4CCC(C(C)C)CC4)c(C)c3)c3nccn23)=CC1.CC(=O)c1ccc(-c2ccc(Cc3ccc(N4CCC(C)CC4)cc3)c3nccn23)cc1.Cc1ccc(-c2ccc(Cc3ccc(C(C)C)cc3)c3nccn23)cc1. The van der Waals surface area contributed by atoms with Gasteiger partial charge in [-0.25, -0.2) is 15.0 Å². The molecule has 0 spiro atoms. The second kappa shape index (κ2) is 28.1. The average Bonchev–Trinajstić information content (AvgIpc) is 1.87. The minimum absolute atomic E-state index is 0.0838. The van der Waals surface area contributed by atoms with Crippen molar-refractivity contribution in [3.05, 3.63) is 273 Å². The number of carbonyl (C=O) groups excluding carboxylic acids is 2. The zero-order valence-electron chi connectivity index (χ0n) is 55.4. The summed E-state index contributed by atoms with van der Waals surface area (Å²) in [6.07, 6.45) is 27.1. The van der Waals surface area contributed by atoms with Crippen LogP contribution >= 0.6 is 0 Å². The zero-order chi connectivity index (χ0) is 64.0. The average molecular weight is 1220 g/mol. The molecule has 1 saturated carbocycles. The third-order valence-corrected chi connectivity index (χ3v) is 19.8. The van der Waals surface area contributed by atoms with E-state index in [1.54, 1.807) is 19.4 Å². The highest BCUT2D eigenvalue weighted by Crippen LogP contribution is 2.40. The maximum absolute atomic E-state index is 11.8. The summed E-state index contributed by atoms with van der Waals surface area (Å²) >= 11 is 0. The lowest BCUT2D eigenvalue weighted by atomic mass is 9.74. The van der Waals surface area contributed by atoms with Gasteiger partial charge >= 0.3 is 0 Å². The third kappa shape index (κ3) is 14.3. The number of Topliss-reactive ketones (excluding diaryl/α,β-unsaturated/α-hetero) is 2. The molecule has 5 aromatic carbocycles. The fourth-order valence-corrected chi connectivity index (χ4v) is 14.1. The van der Waals surface area contributed by atoms with Gasteiger partial charge in [0.15, 0.2) is 11.6 Å². The molecule has 2 fully saturated rings. The highest BCUT2D eigenvalue weighted by molar-refractivity contribution is 5.99. The molecule has 9 nitrogen and oxygen atoms in total. The Bertz CT molecular complexity index is 4440. The fourth-order valence-electron chi connectivity index (χ4n) is 14.1. The lowest BCUT2D eigenvalue weighted by Gasteiger charge is -2.32. The van der Waals surface area contributed by atoms with Crippen molar-refractivity contribution in [3.8, 4) is 22.5 Å². The monoisotopic (exact) mass is 1220 g/mol. The van der Waals surface area contributed by atoms with Crippen LogP contribution < -0.4 is 4.90 Å². The number of piperidine rings is 1. The maximum Gasteiger partial charge on any atom is 0.159 e. The van der Waals surface area contributed by atoms with E-state index in [0.29, 0.717) is 12.3 Å². The Morgan fingerprint density at radius 2 is 1.01 bits per heavy atom. The number of aryl methyl sites for hydroxylation is 2. The van der Waals surface area contributed by atoms with Crippen LogP contribution in [-0.4, -0.2) is 52.8 Å². The second-order valence-electron chi connectivity index (χ2n) is 27.0. The van der Waals surface area contributed by atoms with Crippen LogP contribution in [-0.2, 0) is 24.1 Å². The number of anilines is 1. The second-order valence-corrected chi connectivity index (χ2v) is 27.0. The first-order valence-electron chi connectivity index (χ1n) is 33.6. The topological polar surface area (TPSA) is 89.3 Å². The molecule has 11 aromatic rings. The van der Waals surface area contributed by atoms with Crippen LogP contribution in [0.15, 0.2) is 207 Å². The molecular formula is C83H89N7O2. The molecule has 3 aliphatic rings. The van der Waals surface area contributed by atoms with Crippen molar-refractivity contribution in [3.63, 3.8) is 0 Å². The minimum Gasteiger partial charge on any atom is -0.372 e. The van der Waals surface area contributed by atoms with E-state index in [9.17, 15) is 9.59 Å². The Morgan fingerprint density at radius 1 is 0.522 bits per heavy atom. The maximum atomic E-state index is 11.8. The van der Waals surface area contributed by atoms with Gasteiger partial charge in [-0.2, -0.15) is 0 Å². The van der Waals surface area contributed by atoms with Gasteiger partial charge in [0.2, 0.25) is 0 Å². The highest BCUT2D eigenvalue weighted by Gasteiger charge is 2.26. The van der Waals surface area contributed by atoms with E-state index in [4.69, 9.17) is 0 Å². The Balaban J connectivity index is 0.000000134. The number of hydrogen-bond donors (Lipinski definition) is 0. The molecule has 0 amide bonds. The summed E-state index contributed by atoms with van der Waals surface area (Å²) in [5.41, 5.74) is 26.0. The molecule has 1 saturated heterocycles. The van der Waals surface area contributed by atoms with Gasteiger partial charge in [-0.1, -0.05) is 168 Å². The Kier molecular flexibility index (Phi) is 19.2. The van der Waals surface area contributed by atoms with Gasteiger partial charge in [0.1, 0.15) is 16.9 Å². The summed E-state index contributed by atoms with van der Waals surface area (Å²) in [5, 5.41) is 0. The standard InChI is InChI=1S/C31H36N2O.C28H29N3O.C24H24N2/c1-20(2)24-6-8-25(9-7-24)29-13-5-23(17-21(29)3)18-28-12-14-30(33-16-15-32-31(28)33)27-11-10-26(19-27)22(4)34;1-20-13-16-30(17-14-20)26-10-3-22(4-11-26)19-25-9-12-27(31-18-15-29-28(25)31)24-7-5-23(6-8-24)21(2)32;1-17(2)20-10-6-19(7-11-20)16-22-12-13-23(26-15-14-25-24(22)26)21-8-4-18(3)5-9-21/h5,11-17,19-20,24-25H,6-10,18H2,1-4H3;3-12,15,18,20H,13-14,16-17,19H2,1-2H3;4-15,17H,16H2,1-3H3. The first-order valence-corrected chi connectivity index (χ1v) is 33.6. The van der Waals surface area contributed by atoms with Crippen LogP contribution in [0.1, 0.15) is 177 Å². The van der Waals surface area contributed by atoms with E-state index in [1.165, 1.54) is 106 Å². The highest BCUT2D eigenvalue weighted by atomic mass is 16.1. The predicted octanol–water partition coefficient (Wildman–Crippen LogP) is 19.5. The lowest BCUT2D eigenvalue weighted by molar-refractivity contribution is -0.113. The summed E-state index contributed by atoms with van der Waals surface area (Å²) in [7, 11) is 0. The molecule has 7 heterocycles. The van der Waals surface area contributed by atoms with Crippen LogP contribution in [0.5, 0.6) is 0 Å². The number of aromatic nitrogens is 6. The number of nitrogens with zero attached hydrogens (tertiary/aromatic N) is 7. The van der Waals surface area contributed by atoms with Crippen molar-refractivity contribution in [2.45, 2.75) is 138 Å².